The highest BCUT2D eigenvalue weighted by Crippen LogP contribution is 2.24. The summed E-state index contributed by atoms with van der Waals surface area (Å²) in [5.41, 5.74) is 6.87. The fourth-order valence-electron chi connectivity index (χ4n) is 2.26. The number of hydrazone groups is 1. The second-order valence-corrected chi connectivity index (χ2v) is 5.83. The molecule has 0 spiro atoms. The van der Waals surface area contributed by atoms with E-state index in [1.807, 2.05) is 26.0 Å². The van der Waals surface area contributed by atoms with Gasteiger partial charge in [0.2, 0.25) is 0 Å². The number of hydrogen-bond acceptors (Lipinski definition) is 5. The molecule has 2 aromatic carbocycles. The number of nitrogens with one attached hydrogen (secondary N) is 3. The molecule has 0 bridgehead atoms. The van der Waals surface area contributed by atoms with Gasteiger partial charge in [0.1, 0.15) is 5.69 Å². The maximum absolute atomic E-state index is 11.0. The van der Waals surface area contributed by atoms with Crippen LogP contribution >= 0.6 is 12.2 Å². The third kappa shape index (κ3) is 4.98. The van der Waals surface area contributed by atoms with Crippen molar-refractivity contribution >= 4 is 40.6 Å². The minimum Gasteiger partial charge on any atom is -0.383 e. The smallest absolute Gasteiger partial charge is 0.292 e. The van der Waals surface area contributed by atoms with Crippen LogP contribution in [0.3, 0.4) is 0 Å². The van der Waals surface area contributed by atoms with Crippen LogP contribution in [-0.2, 0) is 0 Å². The molecule has 0 aliphatic heterocycles. The van der Waals surface area contributed by atoms with E-state index in [1.54, 1.807) is 19.2 Å². The third-order valence-electron chi connectivity index (χ3n) is 3.50. The van der Waals surface area contributed by atoms with Gasteiger partial charge in [-0.15, -0.1) is 0 Å². The van der Waals surface area contributed by atoms with Gasteiger partial charge in [-0.25, -0.2) is 0 Å². The van der Waals surface area contributed by atoms with Gasteiger partial charge < -0.3 is 10.6 Å². The van der Waals surface area contributed by atoms with Crippen molar-refractivity contribution in [2.75, 3.05) is 17.7 Å². The Balaban J connectivity index is 2.01. The molecule has 0 aliphatic carbocycles. The molecule has 0 atom stereocenters. The van der Waals surface area contributed by atoms with E-state index >= 15 is 0 Å². The average Bonchev–Trinajstić information content (AvgIpc) is 2.57. The number of aryl methyl sites for hydroxylation is 2. The number of nitrogens with zero attached hydrogens (tertiary/aromatic N) is 2. The van der Waals surface area contributed by atoms with Crippen LogP contribution in [0.4, 0.5) is 17.1 Å². The molecule has 0 saturated carbocycles. The number of rotatable bonds is 5. The summed E-state index contributed by atoms with van der Waals surface area (Å²) in [5, 5.41) is 21.2. The van der Waals surface area contributed by atoms with Gasteiger partial charge in [-0.05, 0) is 43.8 Å². The molecule has 0 radical (unpaired) electrons. The highest BCUT2D eigenvalue weighted by atomic mass is 32.1. The van der Waals surface area contributed by atoms with Crippen molar-refractivity contribution < 1.29 is 4.92 Å². The lowest BCUT2D eigenvalue weighted by atomic mass is 10.1. The maximum atomic E-state index is 11.0. The number of benzene rings is 2. The van der Waals surface area contributed by atoms with Crippen LogP contribution < -0.4 is 16.1 Å². The second-order valence-electron chi connectivity index (χ2n) is 5.43. The standard InChI is InChI=1S/C17H19N5O2S/c1-11-4-6-14(12(2)8-11)20-17(25)21-19-10-13-5-7-15(18-3)16(9-13)22(23)24/h4-10,18H,1-3H3,(H2,20,21,25)/b19-10+. The van der Waals surface area contributed by atoms with Crippen LogP contribution in [0, 0.1) is 24.0 Å². The number of anilines is 2. The first-order chi connectivity index (χ1) is 11.9. The minimum atomic E-state index is -0.442. The summed E-state index contributed by atoms with van der Waals surface area (Å²) >= 11 is 5.20. The van der Waals surface area contributed by atoms with Crippen LogP contribution in [-0.4, -0.2) is 23.3 Å². The van der Waals surface area contributed by atoms with Crippen molar-refractivity contribution in [1.82, 2.24) is 5.43 Å². The zero-order valence-corrected chi connectivity index (χ0v) is 15.0. The minimum absolute atomic E-state index is 0.0116. The number of hydrogen-bond donors (Lipinski definition) is 3. The molecule has 0 aromatic heterocycles. The van der Waals surface area contributed by atoms with E-state index in [2.05, 4.69) is 27.2 Å². The predicted molar refractivity (Wildman–Crippen MR) is 106 cm³/mol. The fraction of sp³-hybridized carbons (Fsp3) is 0.176. The molecule has 2 aromatic rings. The summed E-state index contributed by atoms with van der Waals surface area (Å²) in [5.74, 6) is 0. The average molecular weight is 357 g/mol. The quantitative estimate of drug-likeness (QED) is 0.328. The molecule has 0 amide bonds. The molecular formula is C17H19N5O2S. The summed E-state index contributed by atoms with van der Waals surface area (Å²) in [6.07, 6.45) is 1.47. The Hall–Kier alpha value is -3.00. The number of nitro groups is 1. The SMILES string of the molecule is CNc1ccc(/C=N/NC(=S)Nc2ccc(C)cc2C)cc1[N+](=O)[O-]. The lowest BCUT2D eigenvalue weighted by Crippen LogP contribution is -2.24. The van der Waals surface area contributed by atoms with Crippen molar-refractivity contribution in [3.63, 3.8) is 0 Å². The largest absolute Gasteiger partial charge is 0.383 e. The molecule has 0 fully saturated rings. The third-order valence-corrected chi connectivity index (χ3v) is 3.69. The summed E-state index contributed by atoms with van der Waals surface area (Å²) in [4.78, 5) is 10.6. The topological polar surface area (TPSA) is 91.6 Å². The van der Waals surface area contributed by atoms with E-state index < -0.39 is 4.92 Å². The van der Waals surface area contributed by atoms with Crippen LogP contribution in [0.1, 0.15) is 16.7 Å². The van der Waals surface area contributed by atoms with Gasteiger partial charge in [0.25, 0.3) is 5.69 Å². The Morgan fingerprint density at radius 2 is 1.92 bits per heavy atom. The number of nitro benzene ring substituents is 1. The van der Waals surface area contributed by atoms with E-state index in [-0.39, 0.29) is 5.69 Å². The van der Waals surface area contributed by atoms with Gasteiger partial charge in [-0.3, -0.25) is 15.5 Å². The molecule has 0 unspecified atom stereocenters. The van der Waals surface area contributed by atoms with Crippen molar-refractivity contribution in [2.45, 2.75) is 13.8 Å². The van der Waals surface area contributed by atoms with Crippen LogP contribution in [0.5, 0.6) is 0 Å². The molecule has 0 aliphatic rings. The second kappa shape index (κ2) is 8.20. The van der Waals surface area contributed by atoms with Gasteiger partial charge in [-0.1, -0.05) is 23.8 Å². The van der Waals surface area contributed by atoms with E-state index in [0.717, 1.165) is 11.3 Å². The first-order valence-electron chi connectivity index (χ1n) is 7.54. The van der Waals surface area contributed by atoms with E-state index in [4.69, 9.17) is 12.2 Å². The normalized spacial score (nSPS) is 10.5. The van der Waals surface area contributed by atoms with Crippen LogP contribution in [0.15, 0.2) is 41.5 Å². The van der Waals surface area contributed by atoms with E-state index in [0.29, 0.717) is 16.4 Å². The highest BCUT2D eigenvalue weighted by Gasteiger charge is 2.12. The molecule has 130 valence electrons. The monoisotopic (exact) mass is 357 g/mol. The molecule has 7 nitrogen and oxygen atoms in total. The van der Waals surface area contributed by atoms with Crippen molar-refractivity contribution in [2.24, 2.45) is 5.10 Å². The first-order valence-corrected chi connectivity index (χ1v) is 7.95. The van der Waals surface area contributed by atoms with Crippen LogP contribution in [0.25, 0.3) is 0 Å². The molecule has 0 heterocycles. The Labute approximate surface area is 151 Å². The fourth-order valence-corrected chi connectivity index (χ4v) is 2.42. The number of thiocarbonyl (C=S) groups is 1. The predicted octanol–water partition coefficient (Wildman–Crippen LogP) is 3.57. The van der Waals surface area contributed by atoms with Gasteiger partial charge in [0.05, 0.1) is 11.1 Å². The lowest BCUT2D eigenvalue weighted by Gasteiger charge is -2.10. The van der Waals surface area contributed by atoms with Gasteiger partial charge in [0, 0.05) is 24.4 Å². The zero-order chi connectivity index (χ0) is 18.4. The molecule has 2 rings (SSSR count). The molecule has 0 saturated heterocycles. The molecule has 3 N–H and O–H groups in total. The lowest BCUT2D eigenvalue weighted by molar-refractivity contribution is -0.383. The molecule has 8 heteroatoms. The first kappa shape index (κ1) is 18.3. The van der Waals surface area contributed by atoms with Gasteiger partial charge >= 0.3 is 0 Å². The van der Waals surface area contributed by atoms with Crippen molar-refractivity contribution in [3.05, 3.63) is 63.2 Å². The summed E-state index contributed by atoms with van der Waals surface area (Å²) < 4.78 is 0. The Kier molecular flexibility index (Phi) is 6.02. The van der Waals surface area contributed by atoms with E-state index in [1.165, 1.54) is 17.8 Å². The van der Waals surface area contributed by atoms with Crippen molar-refractivity contribution in [1.29, 1.82) is 0 Å². The van der Waals surface area contributed by atoms with Gasteiger partial charge in [-0.2, -0.15) is 5.10 Å². The molecule has 25 heavy (non-hydrogen) atoms. The van der Waals surface area contributed by atoms with Crippen molar-refractivity contribution in [3.8, 4) is 0 Å². The Bertz CT molecular complexity index is 836. The summed E-state index contributed by atoms with van der Waals surface area (Å²) in [7, 11) is 1.63. The zero-order valence-electron chi connectivity index (χ0n) is 14.2. The summed E-state index contributed by atoms with van der Waals surface area (Å²) in [6, 6.07) is 10.8. The Morgan fingerprint density at radius 3 is 2.56 bits per heavy atom. The Morgan fingerprint density at radius 1 is 1.20 bits per heavy atom. The highest BCUT2D eigenvalue weighted by molar-refractivity contribution is 7.80. The van der Waals surface area contributed by atoms with Gasteiger partial charge in [0.15, 0.2) is 5.11 Å². The van der Waals surface area contributed by atoms with Crippen LogP contribution in [0.2, 0.25) is 0 Å². The maximum Gasteiger partial charge on any atom is 0.292 e. The summed E-state index contributed by atoms with van der Waals surface area (Å²) in [6.45, 7) is 4.01. The molecular weight excluding hydrogens is 338 g/mol. The van der Waals surface area contributed by atoms with E-state index in [9.17, 15) is 10.1 Å².